The highest BCUT2D eigenvalue weighted by Gasteiger charge is 2.28. The Balaban J connectivity index is 1.66. The molecule has 27 heavy (non-hydrogen) atoms. The van der Waals surface area contributed by atoms with E-state index < -0.39 is 0 Å². The molecule has 1 saturated heterocycles. The maximum absolute atomic E-state index is 12.2. The lowest BCUT2D eigenvalue weighted by molar-refractivity contribution is -0.121. The van der Waals surface area contributed by atoms with Crippen LogP contribution in [0, 0.1) is 6.92 Å². The number of rotatable bonds is 6. The SMILES string of the molecule is Cc1ccc(OCCOc2ccc(Br)cc2/C=C2/SC(=S)N(C)C2=O)cc1. The summed E-state index contributed by atoms with van der Waals surface area (Å²) in [6, 6.07) is 13.6. The molecule has 0 N–H and O–H groups in total. The maximum atomic E-state index is 12.2. The first-order chi connectivity index (χ1) is 12.9. The van der Waals surface area contributed by atoms with Crippen LogP contribution in [0.4, 0.5) is 0 Å². The second-order valence-corrected chi connectivity index (χ2v) is 8.52. The zero-order valence-electron chi connectivity index (χ0n) is 14.9. The lowest BCUT2D eigenvalue weighted by Gasteiger charge is -2.11. The number of hydrogen-bond acceptors (Lipinski definition) is 5. The third-order valence-corrected chi connectivity index (χ3v) is 5.85. The molecule has 140 valence electrons. The van der Waals surface area contributed by atoms with Gasteiger partial charge in [0.2, 0.25) is 0 Å². The van der Waals surface area contributed by atoms with Gasteiger partial charge >= 0.3 is 0 Å². The molecule has 0 unspecified atom stereocenters. The van der Waals surface area contributed by atoms with Crippen LogP contribution < -0.4 is 9.47 Å². The predicted molar refractivity (Wildman–Crippen MR) is 117 cm³/mol. The quantitative estimate of drug-likeness (QED) is 0.340. The summed E-state index contributed by atoms with van der Waals surface area (Å²) >= 11 is 9.94. The van der Waals surface area contributed by atoms with Crippen LogP contribution in [0.25, 0.3) is 6.08 Å². The lowest BCUT2D eigenvalue weighted by atomic mass is 10.2. The molecule has 1 amide bonds. The molecular formula is C20H18BrNO3S2. The van der Waals surface area contributed by atoms with Crippen LogP contribution in [0.2, 0.25) is 0 Å². The van der Waals surface area contributed by atoms with E-state index in [4.69, 9.17) is 21.7 Å². The van der Waals surface area contributed by atoms with Crippen molar-refractivity contribution in [3.05, 3.63) is 63.0 Å². The van der Waals surface area contributed by atoms with Gasteiger partial charge in [0, 0.05) is 17.1 Å². The van der Waals surface area contributed by atoms with Crippen molar-refractivity contribution < 1.29 is 14.3 Å². The fraction of sp³-hybridized carbons (Fsp3) is 0.200. The Bertz CT molecular complexity index is 897. The highest BCUT2D eigenvalue weighted by molar-refractivity contribution is 9.10. The molecular weight excluding hydrogens is 446 g/mol. The molecule has 2 aromatic rings. The van der Waals surface area contributed by atoms with Crippen molar-refractivity contribution >= 4 is 56.2 Å². The number of amides is 1. The minimum atomic E-state index is -0.0985. The van der Waals surface area contributed by atoms with E-state index in [1.54, 1.807) is 7.05 Å². The van der Waals surface area contributed by atoms with Crippen molar-refractivity contribution in [3.63, 3.8) is 0 Å². The van der Waals surface area contributed by atoms with Gasteiger partial charge in [-0.1, -0.05) is 57.6 Å². The van der Waals surface area contributed by atoms with Crippen molar-refractivity contribution in [2.24, 2.45) is 0 Å². The van der Waals surface area contributed by atoms with Crippen molar-refractivity contribution in [1.82, 2.24) is 4.90 Å². The Kier molecular flexibility index (Phi) is 6.57. The number of carbonyl (C=O) groups is 1. The number of nitrogens with zero attached hydrogens (tertiary/aromatic N) is 1. The fourth-order valence-electron chi connectivity index (χ4n) is 2.40. The predicted octanol–water partition coefficient (Wildman–Crippen LogP) is 5.05. The number of aryl methyl sites for hydroxylation is 1. The lowest BCUT2D eigenvalue weighted by Crippen LogP contribution is -2.22. The number of halogens is 1. The Morgan fingerprint density at radius 1 is 1.15 bits per heavy atom. The molecule has 2 aromatic carbocycles. The molecule has 0 aromatic heterocycles. The standard InChI is InChI=1S/C20H18BrNO3S2/c1-13-3-6-16(7-4-13)24-9-10-25-17-8-5-15(21)11-14(17)12-18-19(23)22(2)20(26)27-18/h3-8,11-12H,9-10H2,1-2H3/b18-12+. The molecule has 0 bridgehead atoms. The topological polar surface area (TPSA) is 38.8 Å². The number of hydrogen-bond donors (Lipinski definition) is 0. The van der Waals surface area contributed by atoms with Crippen LogP contribution in [-0.4, -0.2) is 35.4 Å². The van der Waals surface area contributed by atoms with E-state index in [1.165, 1.54) is 22.2 Å². The van der Waals surface area contributed by atoms with E-state index in [0.29, 0.717) is 28.2 Å². The molecule has 0 spiro atoms. The third-order valence-electron chi connectivity index (χ3n) is 3.88. The van der Waals surface area contributed by atoms with Crippen molar-refractivity contribution in [1.29, 1.82) is 0 Å². The summed E-state index contributed by atoms with van der Waals surface area (Å²) in [6.07, 6.45) is 1.81. The summed E-state index contributed by atoms with van der Waals surface area (Å²) in [6.45, 7) is 2.86. The van der Waals surface area contributed by atoms with E-state index in [0.717, 1.165) is 15.8 Å². The largest absolute Gasteiger partial charge is 0.490 e. The van der Waals surface area contributed by atoms with Crippen LogP contribution in [0.15, 0.2) is 51.8 Å². The summed E-state index contributed by atoms with van der Waals surface area (Å²) in [5, 5.41) is 0. The van der Waals surface area contributed by atoms with E-state index in [2.05, 4.69) is 15.9 Å². The van der Waals surface area contributed by atoms with Gasteiger partial charge in [-0.15, -0.1) is 0 Å². The van der Waals surface area contributed by atoms with Crippen molar-refractivity contribution in [2.45, 2.75) is 6.92 Å². The first-order valence-electron chi connectivity index (χ1n) is 8.27. The minimum absolute atomic E-state index is 0.0985. The van der Waals surface area contributed by atoms with Crippen LogP contribution in [0.3, 0.4) is 0 Å². The van der Waals surface area contributed by atoms with E-state index in [1.807, 2.05) is 55.5 Å². The maximum Gasteiger partial charge on any atom is 0.265 e. The molecule has 0 radical (unpaired) electrons. The van der Waals surface area contributed by atoms with Crippen LogP contribution in [0.5, 0.6) is 11.5 Å². The number of thiocarbonyl (C=S) groups is 1. The molecule has 1 fully saturated rings. The number of benzene rings is 2. The highest BCUT2D eigenvalue weighted by Crippen LogP contribution is 2.34. The minimum Gasteiger partial charge on any atom is -0.490 e. The Morgan fingerprint density at radius 2 is 1.85 bits per heavy atom. The normalized spacial score (nSPS) is 15.5. The molecule has 4 nitrogen and oxygen atoms in total. The molecule has 0 aliphatic carbocycles. The number of thioether (sulfide) groups is 1. The van der Waals surface area contributed by atoms with Gasteiger partial charge in [0.1, 0.15) is 29.0 Å². The summed E-state index contributed by atoms with van der Waals surface area (Å²) in [7, 11) is 1.68. The zero-order valence-corrected chi connectivity index (χ0v) is 18.1. The van der Waals surface area contributed by atoms with Gasteiger partial charge in [-0.25, -0.2) is 0 Å². The molecule has 0 atom stereocenters. The summed E-state index contributed by atoms with van der Waals surface area (Å²) in [5.41, 5.74) is 2.00. The first-order valence-corrected chi connectivity index (χ1v) is 10.3. The third kappa shape index (κ3) is 5.12. The molecule has 1 heterocycles. The van der Waals surface area contributed by atoms with Crippen LogP contribution in [-0.2, 0) is 4.79 Å². The van der Waals surface area contributed by atoms with Gasteiger partial charge in [0.15, 0.2) is 0 Å². The second kappa shape index (κ2) is 8.91. The summed E-state index contributed by atoms with van der Waals surface area (Å²) in [4.78, 5) is 14.3. The van der Waals surface area contributed by atoms with Crippen molar-refractivity contribution in [3.8, 4) is 11.5 Å². The van der Waals surface area contributed by atoms with Crippen LogP contribution in [0.1, 0.15) is 11.1 Å². The molecule has 1 aliphatic heterocycles. The molecule has 3 rings (SSSR count). The Hall–Kier alpha value is -1.83. The van der Waals surface area contributed by atoms with E-state index in [-0.39, 0.29) is 5.91 Å². The van der Waals surface area contributed by atoms with Gasteiger partial charge < -0.3 is 9.47 Å². The number of carbonyl (C=O) groups excluding carboxylic acids is 1. The average molecular weight is 464 g/mol. The number of likely N-dealkylation sites (N-methyl/N-ethyl adjacent to an activating group) is 1. The van der Waals surface area contributed by atoms with E-state index >= 15 is 0 Å². The summed E-state index contributed by atoms with van der Waals surface area (Å²) in [5.74, 6) is 1.40. The first kappa shape index (κ1) is 19.9. The smallest absolute Gasteiger partial charge is 0.265 e. The number of ether oxygens (including phenoxy) is 2. The zero-order chi connectivity index (χ0) is 19.4. The molecule has 0 saturated carbocycles. The monoisotopic (exact) mass is 463 g/mol. The van der Waals surface area contributed by atoms with Crippen molar-refractivity contribution in [2.75, 3.05) is 20.3 Å². The van der Waals surface area contributed by atoms with Gasteiger partial charge in [-0.2, -0.15) is 0 Å². The van der Waals surface area contributed by atoms with Gasteiger partial charge in [0.05, 0.1) is 4.91 Å². The molecule has 1 aliphatic rings. The van der Waals surface area contributed by atoms with Crippen LogP contribution >= 0.6 is 39.9 Å². The fourth-order valence-corrected chi connectivity index (χ4v) is 3.95. The Labute approximate surface area is 176 Å². The second-order valence-electron chi connectivity index (χ2n) is 5.93. The van der Waals surface area contributed by atoms with Gasteiger partial charge in [-0.3, -0.25) is 9.69 Å². The summed E-state index contributed by atoms with van der Waals surface area (Å²) < 4.78 is 13.0. The van der Waals surface area contributed by atoms with Gasteiger partial charge in [-0.05, 0) is 43.3 Å². The molecule has 7 heteroatoms. The van der Waals surface area contributed by atoms with Gasteiger partial charge in [0.25, 0.3) is 5.91 Å². The average Bonchev–Trinajstić information content (AvgIpc) is 2.88. The Morgan fingerprint density at radius 3 is 2.52 bits per heavy atom. The highest BCUT2D eigenvalue weighted by atomic mass is 79.9. The van der Waals surface area contributed by atoms with E-state index in [9.17, 15) is 4.79 Å².